The lowest BCUT2D eigenvalue weighted by Gasteiger charge is -2.15. The van der Waals surface area contributed by atoms with Crippen LogP contribution in [0, 0.1) is 0 Å². The molecule has 0 radical (unpaired) electrons. The van der Waals surface area contributed by atoms with Crippen molar-refractivity contribution in [3.05, 3.63) is 71.6 Å². The number of carbonyl (C=O) groups excluding carboxylic acids is 1. The number of carbonyl (C=O) groups is 1. The van der Waals surface area contributed by atoms with Gasteiger partial charge in [-0.05, 0) is 12.5 Å². The number of thioether (sulfide) groups is 1. The molecule has 3 N–H and O–H groups in total. The number of nitrogens with one attached hydrogen (secondary N) is 1. The number of anilines is 2. The summed E-state index contributed by atoms with van der Waals surface area (Å²) in [5.74, 6) is 0.689. The number of nitrogen functional groups attached to an aromatic ring is 1. The molecule has 0 saturated heterocycles. The van der Waals surface area contributed by atoms with E-state index in [1.54, 1.807) is 11.5 Å². The van der Waals surface area contributed by atoms with Crippen molar-refractivity contribution in [2.45, 2.75) is 23.9 Å². The molecular weight excluding hydrogens is 416 g/mol. The minimum Gasteiger partial charge on any atom is -0.368 e. The predicted molar refractivity (Wildman–Crippen MR) is 121 cm³/mol. The maximum Gasteiger partial charge on any atom is 0.249 e. The van der Waals surface area contributed by atoms with Gasteiger partial charge in [-0.15, -0.1) is 21.5 Å². The Hall–Kier alpha value is -3.17. The van der Waals surface area contributed by atoms with Crippen molar-refractivity contribution < 1.29 is 4.79 Å². The van der Waals surface area contributed by atoms with Gasteiger partial charge >= 0.3 is 0 Å². The predicted octanol–water partition coefficient (Wildman–Crippen LogP) is 4.48. The van der Waals surface area contributed by atoms with E-state index >= 15 is 0 Å². The van der Waals surface area contributed by atoms with Crippen LogP contribution >= 0.6 is 23.1 Å². The molecule has 2 aromatic heterocycles. The molecule has 1 unspecified atom stereocenters. The summed E-state index contributed by atoms with van der Waals surface area (Å²) >= 11 is 2.87. The molecule has 1 amide bonds. The Bertz CT molecular complexity index is 1130. The normalized spacial score (nSPS) is 11.9. The quantitative estimate of drug-likeness (QED) is 0.415. The van der Waals surface area contributed by atoms with Crippen LogP contribution < -0.4 is 11.1 Å². The van der Waals surface area contributed by atoms with Gasteiger partial charge in [-0.3, -0.25) is 9.36 Å². The highest BCUT2D eigenvalue weighted by Gasteiger charge is 2.23. The Morgan fingerprint density at radius 3 is 2.57 bits per heavy atom. The topological polar surface area (TPSA) is 98.7 Å². The number of amides is 1. The lowest BCUT2D eigenvalue weighted by Crippen LogP contribution is -2.25. The third-order valence-electron chi connectivity index (χ3n) is 4.47. The summed E-state index contributed by atoms with van der Waals surface area (Å²) in [6.07, 6.45) is 0. The third kappa shape index (κ3) is 4.52. The van der Waals surface area contributed by atoms with E-state index in [0.717, 1.165) is 16.8 Å². The van der Waals surface area contributed by atoms with Crippen LogP contribution in [0.2, 0.25) is 0 Å². The van der Waals surface area contributed by atoms with Gasteiger partial charge in [0.15, 0.2) is 10.3 Å². The smallest absolute Gasteiger partial charge is 0.249 e. The minimum atomic E-state index is -0.581. The van der Waals surface area contributed by atoms with Gasteiger partial charge in [-0.25, -0.2) is 4.98 Å². The van der Waals surface area contributed by atoms with E-state index in [2.05, 4.69) is 20.5 Å². The van der Waals surface area contributed by atoms with E-state index in [4.69, 9.17) is 5.73 Å². The number of hydrogen-bond acceptors (Lipinski definition) is 7. The molecule has 4 aromatic rings. The van der Waals surface area contributed by atoms with Gasteiger partial charge in [0.2, 0.25) is 11.9 Å². The van der Waals surface area contributed by atoms with Crippen molar-refractivity contribution in [3.63, 3.8) is 0 Å². The zero-order chi connectivity index (χ0) is 20.9. The summed E-state index contributed by atoms with van der Waals surface area (Å²) in [4.78, 5) is 17.4. The lowest BCUT2D eigenvalue weighted by atomic mass is 10.2. The van der Waals surface area contributed by atoms with Crippen LogP contribution in [0.1, 0.15) is 18.5 Å². The summed E-state index contributed by atoms with van der Waals surface area (Å²) in [7, 11) is 0. The number of rotatable bonds is 7. The molecule has 0 aliphatic rings. The molecule has 0 bridgehead atoms. The van der Waals surface area contributed by atoms with Crippen LogP contribution in [-0.4, -0.2) is 25.7 Å². The fourth-order valence-electron chi connectivity index (χ4n) is 2.87. The summed E-state index contributed by atoms with van der Waals surface area (Å²) in [5.41, 5.74) is 8.99. The first-order valence-corrected chi connectivity index (χ1v) is 11.2. The maximum absolute atomic E-state index is 12.8. The fraction of sp³-hybridized carbons (Fsp3) is 0.143. The SMILES string of the molecule is CC(C(=O)Nc1nc(-c2ccccc2)cs1)n1c(N)nnc1SCc1ccccc1. The Balaban J connectivity index is 1.45. The molecule has 0 saturated carbocycles. The second-order valence-corrected chi connectivity index (χ2v) is 8.35. The number of nitrogens with two attached hydrogens (primary N) is 1. The molecule has 2 aromatic carbocycles. The molecule has 152 valence electrons. The first-order valence-electron chi connectivity index (χ1n) is 9.30. The van der Waals surface area contributed by atoms with Crippen LogP contribution in [0.4, 0.5) is 11.1 Å². The third-order valence-corrected chi connectivity index (χ3v) is 6.24. The first-order chi connectivity index (χ1) is 14.6. The number of thiazole rings is 1. The molecule has 4 rings (SSSR count). The van der Waals surface area contributed by atoms with Gasteiger partial charge in [0.1, 0.15) is 6.04 Å². The standard InChI is InChI=1S/C21H20N6OS2/c1-14(18(28)24-20-23-17(13-29-20)16-10-6-3-7-11-16)27-19(22)25-26-21(27)30-12-15-8-4-2-5-9-15/h2-11,13-14H,12H2,1H3,(H2,22,25)(H,23,24,28). The Morgan fingerprint density at radius 2 is 1.83 bits per heavy atom. The molecule has 7 nitrogen and oxygen atoms in total. The van der Waals surface area contributed by atoms with Gasteiger partial charge in [0.05, 0.1) is 5.69 Å². The molecule has 30 heavy (non-hydrogen) atoms. The van der Waals surface area contributed by atoms with Crippen molar-refractivity contribution in [2.24, 2.45) is 0 Å². The maximum atomic E-state index is 12.8. The van der Waals surface area contributed by atoms with Crippen LogP contribution in [0.3, 0.4) is 0 Å². The van der Waals surface area contributed by atoms with Crippen LogP contribution in [0.5, 0.6) is 0 Å². The summed E-state index contributed by atoms with van der Waals surface area (Å²) in [5, 5.41) is 14.0. The van der Waals surface area contributed by atoms with Crippen molar-refractivity contribution >= 4 is 40.1 Å². The zero-order valence-corrected chi connectivity index (χ0v) is 17.9. The van der Waals surface area contributed by atoms with Gasteiger partial charge in [-0.2, -0.15) is 0 Å². The van der Waals surface area contributed by atoms with Crippen molar-refractivity contribution in [1.82, 2.24) is 19.7 Å². The highest BCUT2D eigenvalue weighted by atomic mass is 32.2. The molecule has 0 aliphatic heterocycles. The molecule has 2 heterocycles. The number of benzene rings is 2. The van der Waals surface area contributed by atoms with E-state index in [-0.39, 0.29) is 11.9 Å². The zero-order valence-electron chi connectivity index (χ0n) is 16.2. The molecule has 0 aliphatic carbocycles. The van der Waals surface area contributed by atoms with Crippen LogP contribution in [0.15, 0.2) is 71.2 Å². The van der Waals surface area contributed by atoms with Gasteiger partial charge in [0, 0.05) is 16.7 Å². The molecule has 0 fully saturated rings. The Labute approximate surface area is 182 Å². The second-order valence-electron chi connectivity index (χ2n) is 6.55. The summed E-state index contributed by atoms with van der Waals surface area (Å²) in [6, 6.07) is 19.3. The lowest BCUT2D eigenvalue weighted by molar-refractivity contribution is -0.118. The van der Waals surface area contributed by atoms with Crippen LogP contribution in [0.25, 0.3) is 11.3 Å². The largest absolute Gasteiger partial charge is 0.368 e. The number of aromatic nitrogens is 4. The fourth-order valence-corrected chi connectivity index (χ4v) is 4.57. The van der Waals surface area contributed by atoms with E-state index in [0.29, 0.717) is 16.0 Å². The molecule has 0 spiro atoms. The second kappa shape index (κ2) is 9.10. The van der Waals surface area contributed by atoms with Crippen molar-refractivity contribution in [2.75, 3.05) is 11.1 Å². The van der Waals surface area contributed by atoms with Crippen LogP contribution in [-0.2, 0) is 10.5 Å². The highest BCUT2D eigenvalue weighted by Crippen LogP contribution is 2.28. The first kappa shape index (κ1) is 20.1. The Kier molecular flexibility index (Phi) is 6.10. The van der Waals surface area contributed by atoms with E-state index in [9.17, 15) is 4.79 Å². The van der Waals surface area contributed by atoms with E-state index < -0.39 is 6.04 Å². The molecular formula is C21H20N6OS2. The Morgan fingerprint density at radius 1 is 1.13 bits per heavy atom. The van der Waals surface area contributed by atoms with Gasteiger partial charge in [-0.1, -0.05) is 72.4 Å². The highest BCUT2D eigenvalue weighted by molar-refractivity contribution is 7.98. The molecule has 9 heteroatoms. The van der Waals surface area contributed by atoms with E-state index in [1.165, 1.54) is 23.1 Å². The average molecular weight is 437 g/mol. The van der Waals surface area contributed by atoms with E-state index in [1.807, 2.05) is 66.0 Å². The van der Waals surface area contributed by atoms with Crippen molar-refractivity contribution in [1.29, 1.82) is 0 Å². The monoisotopic (exact) mass is 436 g/mol. The van der Waals surface area contributed by atoms with Gasteiger partial charge in [0.25, 0.3) is 0 Å². The van der Waals surface area contributed by atoms with Gasteiger partial charge < -0.3 is 11.1 Å². The molecule has 1 atom stereocenters. The minimum absolute atomic E-state index is 0.206. The van der Waals surface area contributed by atoms with Crippen molar-refractivity contribution in [3.8, 4) is 11.3 Å². The number of hydrogen-bond donors (Lipinski definition) is 2. The summed E-state index contributed by atoms with van der Waals surface area (Å²) < 4.78 is 1.65. The number of nitrogens with zero attached hydrogens (tertiary/aromatic N) is 4. The average Bonchev–Trinajstić information content (AvgIpc) is 3.39. The summed E-state index contributed by atoms with van der Waals surface area (Å²) in [6.45, 7) is 1.77.